The van der Waals surface area contributed by atoms with E-state index < -0.39 is 24.5 Å². The minimum Gasteiger partial charge on any atom is -0.394 e. The normalized spacial score (nSPS) is 25.3. The molecule has 3 aromatic rings. The average molecular weight is 500 g/mol. The van der Waals surface area contributed by atoms with Gasteiger partial charge in [0.05, 0.1) is 12.9 Å². The van der Waals surface area contributed by atoms with Crippen molar-refractivity contribution in [3.8, 4) is 0 Å². The highest BCUT2D eigenvalue weighted by atomic mass is 127. The van der Waals surface area contributed by atoms with E-state index in [-0.39, 0.29) is 6.61 Å². The van der Waals surface area contributed by atoms with Crippen LogP contribution in [0.15, 0.2) is 41.9 Å². The number of fused-ring (bicyclic) bond motifs is 1. The number of ether oxygens (including phenoxy) is 1. The van der Waals surface area contributed by atoms with Gasteiger partial charge in [-0.25, -0.2) is 15.0 Å². The number of hydrogen-bond acceptors (Lipinski definition) is 8. The van der Waals surface area contributed by atoms with Crippen LogP contribution < -0.4 is 0 Å². The van der Waals surface area contributed by atoms with Crippen molar-refractivity contribution < 1.29 is 20.1 Å². The average Bonchev–Trinajstić information content (AvgIpc) is 3.23. The van der Waals surface area contributed by atoms with E-state index in [1.807, 2.05) is 0 Å². The van der Waals surface area contributed by atoms with Gasteiger partial charge in [0.1, 0.15) is 35.2 Å². The van der Waals surface area contributed by atoms with Gasteiger partial charge in [0.25, 0.3) is 0 Å². The largest absolute Gasteiger partial charge is 0.394 e. The first-order valence-corrected chi connectivity index (χ1v) is 10.3. The van der Waals surface area contributed by atoms with Gasteiger partial charge in [-0.1, -0.05) is 23.9 Å². The molecule has 3 heterocycles. The summed E-state index contributed by atoms with van der Waals surface area (Å²) in [6.45, 7) is -0.381. The Kier molecular flexibility index (Phi) is 5.62. The fraction of sp³-hybridized carbons (Fsp3) is 0.353. The van der Waals surface area contributed by atoms with Gasteiger partial charge in [0, 0.05) is 9.32 Å². The van der Waals surface area contributed by atoms with Crippen LogP contribution in [-0.2, 0) is 10.5 Å². The second-order valence-corrected chi connectivity index (χ2v) is 8.36. The Hall–Kier alpha value is -1.31. The van der Waals surface area contributed by atoms with Crippen LogP contribution in [0.25, 0.3) is 11.2 Å². The lowest BCUT2D eigenvalue weighted by Crippen LogP contribution is -2.33. The molecule has 1 aromatic carbocycles. The molecule has 4 unspecified atom stereocenters. The van der Waals surface area contributed by atoms with Gasteiger partial charge in [-0.2, -0.15) is 0 Å². The van der Waals surface area contributed by atoms with Crippen LogP contribution in [0.4, 0.5) is 0 Å². The van der Waals surface area contributed by atoms with Crippen LogP contribution in [0.5, 0.6) is 0 Å². The molecule has 2 aromatic heterocycles. The van der Waals surface area contributed by atoms with Crippen molar-refractivity contribution in [3.05, 3.63) is 46.1 Å². The topological polar surface area (TPSA) is 114 Å². The van der Waals surface area contributed by atoms with Gasteiger partial charge in [0.15, 0.2) is 11.9 Å². The summed E-state index contributed by atoms with van der Waals surface area (Å²) in [6, 6.07) is 8.26. The van der Waals surface area contributed by atoms with Crippen molar-refractivity contribution in [1.29, 1.82) is 0 Å². The summed E-state index contributed by atoms with van der Waals surface area (Å²) in [6.07, 6.45) is -1.12. The predicted octanol–water partition coefficient (Wildman–Crippen LogP) is 1.33. The summed E-state index contributed by atoms with van der Waals surface area (Å²) in [5, 5.41) is 30.2. The summed E-state index contributed by atoms with van der Waals surface area (Å²) in [4.78, 5) is 13.0. The minimum atomic E-state index is -1.18. The number of halogens is 1. The Morgan fingerprint density at radius 2 is 1.89 bits per heavy atom. The van der Waals surface area contributed by atoms with Gasteiger partial charge in [-0.3, -0.25) is 4.57 Å². The number of benzene rings is 1. The number of thioether (sulfide) groups is 1. The van der Waals surface area contributed by atoms with Crippen molar-refractivity contribution in [2.75, 3.05) is 6.61 Å². The van der Waals surface area contributed by atoms with Crippen LogP contribution in [0.1, 0.15) is 11.8 Å². The molecule has 27 heavy (non-hydrogen) atoms. The number of imidazole rings is 1. The molecule has 0 bridgehead atoms. The number of nitrogens with zero attached hydrogens (tertiary/aromatic N) is 4. The lowest BCUT2D eigenvalue weighted by atomic mass is 10.1. The fourth-order valence-electron chi connectivity index (χ4n) is 2.96. The molecule has 1 saturated heterocycles. The van der Waals surface area contributed by atoms with E-state index in [4.69, 9.17) is 4.74 Å². The standard InChI is InChI=1S/C17H17IN4O4S/c18-10-3-1-9(2-4-10)6-27-16-12-15(19-7-20-16)22(8-21-12)17-14(25)13(24)11(5-23)26-17/h1-4,7-8,11,13-14,17,23-25H,5-6H2. The van der Waals surface area contributed by atoms with Gasteiger partial charge >= 0.3 is 0 Å². The zero-order valence-corrected chi connectivity index (χ0v) is 17.0. The molecular formula is C17H17IN4O4S. The highest BCUT2D eigenvalue weighted by Crippen LogP contribution is 2.33. The van der Waals surface area contributed by atoms with Crippen LogP contribution in [0.2, 0.25) is 0 Å². The molecule has 4 atom stereocenters. The van der Waals surface area contributed by atoms with E-state index in [0.29, 0.717) is 11.2 Å². The summed E-state index contributed by atoms with van der Waals surface area (Å²) in [5.74, 6) is 0.740. The molecule has 3 N–H and O–H groups in total. The number of aromatic nitrogens is 4. The second-order valence-electron chi connectivity index (χ2n) is 6.15. The zero-order valence-electron chi connectivity index (χ0n) is 14.0. The molecular weight excluding hydrogens is 483 g/mol. The fourth-order valence-corrected chi connectivity index (χ4v) is 4.22. The molecule has 4 rings (SSSR count). The Morgan fingerprint density at radius 1 is 1.11 bits per heavy atom. The molecule has 0 aliphatic carbocycles. The summed E-state index contributed by atoms with van der Waals surface area (Å²) < 4.78 is 8.32. The Morgan fingerprint density at radius 3 is 2.59 bits per heavy atom. The van der Waals surface area contributed by atoms with Crippen molar-refractivity contribution in [2.24, 2.45) is 0 Å². The maximum atomic E-state index is 10.3. The van der Waals surface area contributed by atoms with E-state index in [9.17, 15) is 15.3 Å². The third-order valence-electron chi connectivity index (χ3n) is 4.41. The highest BCUT2D eigenvalue weighted by Gasteiger charge is 2.44. The van der Waals surface area contributed by atoms with Crippen molar-refractivity contribution >= 4 is 45.5 Å². The number of hydrogen-bond donors (Lipinski definition) is 3. The molecule has 0 spiro atoms. The quantitative estimate of drug-likeness (QED) is 0.273. The molecule has 0 saturated carbocycles. The molecule has 142 valence electrons. The van der Waals surface area contributed by atoms with Crippen LogP contribution >= 0.6 is 34.4 Å². The third kappa shape index (κ3) is 3.69. The molecule has 0 amide bonds. The first-order valence-electron chi connectivity index (χ1n) is 8.25. The van der Waals surface area contributed by atoms with Crippen molar-refractivity contribution in [1.82, 2.24) is 19.5 Å². The molecule has 1 aliphatic rings. The molecule has 1 aliphatic heterocycles. The third-order valence-corrected chi connectivity index (χ3v) is 6.17. The van der Waals surface area contributed by atoms with Crippen molar-refractivity contribution in [3.63, 3.8) is 0 Å². The first-order chi connectivity index (χ1) is 13.1. The summed E-state index contributed by atoms with van der Waals surface area (Å²) >= 11 is 3.82. The second kappa shape index (κ2) is 7.97. The van der Waals surface area contributed by atoms with Crippen LogP contribution in [0.3, 0.4) is 0 Å². The zero-order chi connectivity index (χ0) is 19.0. The Labute approximate surface area is 172 Å². The predicted molar refractivity (Wildman–Crippen MR) is 107 cm³/mol. The van der Waals surface area contributed by atoms with Gasteiger partial charge in [-0.15, -0.1) is 0 Å². The van der Waals surface area contributed by atoms with Gasteiger partial charge < -0.3 is 20.1 Å². The Balaban J connectivity index is 1.59. The van der Waals surface area contributed by atoms with E-state index >= 15 is 0 Å². The van der Waals surface area contributed by atoms with Crippen LogP contribution in [0, 0.1) is 3.57 Å². The number of aliphatic hydroxyl groups is 3. The van der Waals surface area contributed by atoms with Crippen molar-refractivity contribution in [2.45, 2.75) is 35.3 Å². The lowest BCUT2D eigenvalue weighted by Gasteiger charge is -2.16. The summed E-state index contributed by atoms with van der Waals surface area (Å²) in [7, 11) is 0. The molecule has 0 radical (unpaired) electrons. The van der Waals surface area contributed by atoms with E-state index in [1.54, 1.807) is 16.3 Å². The van der Waals surface area contributed by atoms with Crippen LogP contribution in [-0.4, -0.2) is 59.8 Å². The SMILES string of the molecule is OCC1OC(n2cnc3c(SCc4ccc(I)cc4)ncnc32)C(O)C1O. The Bertz CT molecular complexity index is 938. The van der Waals surface area contributed by atoms with E-state index in [0.717, 1.165) is 10.8 Å². The molecule has 8 nitrogen and oxygen atoms in total. The highest BCUT2D eigenvalue weighted by molar-refractivity contribution is 14.1. The monoisotopic (exact) mass is 500 g/mol. The first kappa shape index (κ1) is 19.0. The van der Waals surface area contributed by atoms with E-state index in [1.165, 1.54) is 21.8 Å². The molecule has 10 heteroatoms. The smallest absolute Gasteiger partial charge is 0.166 e. The maximum Gasteiger partial charge on any atom is 0.166 e. The number of aliphatic hydroxyl groups excluding tert-OH is 3. The molecule has 1 fully saturated rings. The van der Waals surface area contributed by atoms with E-state index in [2.05, 4.69) is 61.8 Å². The van der Waals surface area contributed by atoms with Gasteiger partial charge in [-0.05, 0) is 40.3 Å². The lowest BCUT2D eigenvalue weighted by molar-refractivity contribution is -0.0511. The van der Waals surface area contributed by atoms with Gasteiger partial charge in [0.2, 0.25) is 0 Å². The number of rotatable bonds is 5. The summed E-state index contributed by atoms with van der Waals surface area (Å²) in [5.41, 5.74) is 2.28. The minimum absolute atomic E-state index is 0.381. The maximum absolute atomic E-state index is 10.3.